The van der Waals surface area contributed by atoms with Gasteiger partial charge in [0.1, 0.15) is 0 Å². The molecule has 0 spiro atoms. The molecule has 1 aliphatic rings. The van der Waals surface area contributed by atoms with Crippen molar-refractivity contribution in [3.63, 3.8) is 0 Å². The molecule has 0 aromatic rings. The fourth-order valence-corrected chi connectivity index (χ4v) is 1.79. The average Bonchev–Trinajstić information content (AvgIpc) is 2.29. The van der Waals surface area contributed by atoms with Gasteiger partial charge in [0.05, 0.1) is 6.10 Å². The maximum Gasteiger partial charge on any atom is 0.0619 e. The molecular formula is C12H25NO2. The fraction of sp³-hybridized carbons (Fsp3) is 1.00. The molecule has 1 rings (SSSR count). The van der Waals surface area contributed by atoms with E-state index in [4.69, 9.17) is 9.47 Å². The van der Waals surface area contributed by atoms with Crippen molar-refractivity contribution in [2.45, 2.75) is 51.2 Å². The van der Waals surface area contributed by atoms with Gasteiger partial charge in [0, 0.05) is 25.9 Å². The quantitative estimate of drug-likeness (QED) is 0.659. The van der Waals surface area contributed by atoms with E-state index in [0.717, 1.165) is 32.7 Å². The highest BCUT2D eigenvalue weighted by Crippen LogP contribution is 2.11. The summed E-state index contributed by atoms with van der Waals surface area (Å²) in [4.78, 5) is 0. The highest BCUT2D eigenvalue weighted by atomic mass is 16.5. The van der Waals surface area contributed by atoms with Crippen LogP contribution in [0.15, 0.2) is 0 Å². The van der Waals surface area contributed by atoms with Gasteiger partial charge in [-0.2, -0.15) is 0 Å². The van der Waals surface area contributed by atoms with Gasteiger partial charge in [-0.25, -0.2) is 0 Å². The summed E-state index contributed by atoms with van der Waals surface area (Å²) in [6.07, 6.45) is 6.29. The van der Waals surface area contributed by atoms with Gasteiger partial charge < -0.3 is 14.8 Å². The van der Waals surface area contributed by atoms with Crippen molar-refractivity contribution in [1.82, 2.24) is 5.32 Å². The van der Waals surface area contributed by atoms with Crippen molar-refractivity contribution in [3.05, 3.63) is 0 Å². The summed E-state index contributed by atoms with van der Waals surface area (Å²) in [6, 6.07) is 0.632. The molecule has 0 saturated carbocycles. The second-order valence-corrected chi connectivity index (χ2v) is 4.37. The maximum absolute atomic E-state index is 5.80. The van der Waals surface area contributed by atoms with E-state index >= 15 is 0 Å². The lowest BCUT2D eigenvalue weighted by Crippen LogP contribution is -2.24. The molecule has 0 radical (unpaired) electrons. The first-order valence-corrected chi connectivity index (χ1v) is 6.19. The molecule has 1 fully saturated rings. The molecule has 1 atom stereocenters. The summed E-state index contributed by atoms with van der Waals surface area (Å²) >= 11 is 0. The van der Waals surface area contributed by atoms with E-state index in [1.807, 2.05) is 7.05 Å². The second-order valence-electron chi connectivity index (χ2n) is 4.37. The SMILES string of the molecule is CNC(C)CCCCOC1CCOCC1. The van der Waals surface area contributed by atoms with Crippen molar-refractivity contribution in [2.24, 2.45) is 0 Å². The Labute approximate surface area is 93.5 Å². The van der Waals surface area contributed by atoms with Crippen molar-refractivity contribution in [3.8, 4) is 0 Å². The van der Waals surface area contributed by atoms with Gasteiger partial charge in [-0.3, -0.25) is 0 Å². The number of hydrogen-bond acceptors (Lipinski definition) is 3. The van der Waals surface area contributed by atoms with Crippen molar-refractivity contribution in [2.75, 3.05) is 26.9 Å². The highest BCUT2D eigenvalue weighted by molar-refractivity contribution is 4.62. The van der Waals surface area contributed by atoms with Crippen LogP contribution in [0.25, 0.3) is 0 Å². The van der Waals surface area contributed by atoms with Crippen LogP contribution in [0.2, 0.25) is 0 Å². The van der Waals surface area contributed by atoms with Crippen LogP contribution in [0.1, 0.15) is 39.0 Å². The summed E-state index contributed by atoms with van der Waals surface area (Å²) in [5.41, 5.74) is 0. The third-order valence-electron chi connectivity index (χ3n) is 3.05. The lowest BCUT2D eigenvalue weighted by Gasteiger charge is -2.22. The van der Waals surface area contributed by atoms with Crippen LogP contribution in [0.3, 0.4) is 0 Å². The molecule has 0 bridgehead atoms. The molecule has 1 N–H and O–H groups in total. The first kappa shape index (κ1) is 12.9. The van der Waals surface area contributed by atoms with Gasteiger partial charge in [-0.15, -0.1) is 0 Å². The standard InChI is InChI=1S/C12H25NO2/c1-11(13-2)5-3-4-8-15-12-6-9-14-10-7-12/h11-13H,3-10H2,1-2H3. The largest absolute Gasteiger partial charge is 0.381 e. The van der Waals surface area contributed by atoms with E-state index < -0.39 is 0 Å². The Morgan fingerprint density at radius 2 is 2.07 bits per heavy atom. The molecule has 0 aromatic heterocycles. The van der Waals surface area contributed by atoms with Gasteiger partial charge in [-0.05, 0) is 46.1 Å². The first-order chi connectivity index (χ1) is 7.33. The molecule has 3 heteroatoms. The van der Waals surface area contributed by atoms with Gasteiger partial charge in [-0.1, -0.05) is 0 Å². The predicted molar refractivity (Wildman–Crippen MR) is 62.2 cm³/mol. The van der Waals surface area contributed by atoms with Crippen LogP contribution in [-0.4, -0.2) is 39.0 Å². The molecule has 15 heavy (non-hydrogen) atoms. The van der Waals surface area contributed by atoms with Crippen molar-refractivity contribution < 1.29 is 9.47 Å². The highest BCUT2D eigenvalue weighted by Gasteiger charge is 2.13. The normalized spacial score (nSPS) is 20.4. The minimum Gasteiger partial charge on any atom is -0.381 e. The first-order valence-electron chi connectivity index (χ1n) is 6.19. The summed E-state index contributed by atoms with van der Waals surface area (Å²) in [5, 5.41) is 3.25. The van der Waals surface area contributed by atoms with Crippen molar-refractivity contribution in [1.29, 1.82) is 0 Å². The summed E-state index contributed by atoms with van der Waals surface area (Å²) in [7, 11) is 2.02. The summed E-state index contributed by atoms with van der Waals surface area (Å²) in [5.74, 6) is 0. The molecule has 90 valence electrons. The Balaban J connectivity index is 1.87. The zero-order chi connectivity index (χ0) is 10.9. The third-order valence-corrected chi connectivity index (χ3v) is 3.05. The molecule has 1 unspecified atom stereocenters. The van der Waals surface area contributed by atoms with Crippen LogP contribution in [0, 0.1) is 0 Å². The summed E-state index contributed by atoms with van der Waals surface area (Å²) < 4.78 is 11.1. The second kappa shape index (κ2) is 8.08. The van der Waals surface area contributed by atoms with E-state index in [1.165, 1.54) is 19.3 Å². The Hall–Kier alpha value is -0.120. The lowest BCUT2D eigenvalue weighted by molar-refractivity contribution is -0.0327. The number of nitrogens with one attached hydrogen (secondary N) is 1. The van der Waals surface area contributed by atoms with Crippen LogP contribution in [-0.2, 0) is 9.47 Å². The average molecular weight is 215 g/mol. The van der Waals surface area contributed by atoms with Gasteiger partial charge in [0.15, 0.2) is 0 Å². The van der Waals surface area contributed by atoms with E-state index in [2.05, 4.69) is 12.2 Å². The molecule has 1 heterocycles. The molecule has 1 saturated heterocycles. The van der Waals surface area contributed by atoms with Crippen molar-refractivity contribution >= 4 is 0 Å². The topological polar surface area (TPSA) is 30.5 Å². The van der Waals surface area contributed by atoms with E-state index in [1.54, 1.807) is 0 Å². The Morgan fingerprint density at radius 1 is 1.33 bits per heavy atom. The monoisotopic (exact) mass is 215 g/mol. The van der Waals surface area contributed by atoms with E-state index in [-0.39, 0.29) is 0 Å². The molecule has 3 nitrogen and oxygen atoms in total. The Morgan fingerprint density at radius 3 is 2.73 bits per heavy atom. The maximum atomic E-state index is 5.80. The fourth-order valence-electron chi connectivity index (χ4n) is 1.79. The van der Waals surface area contributed by atoms with E-state index in [0.29, 0.717) is 12.1 Å². The zero-order valence-electron chi connectivity index (χ0n) is 10.1. The van der Waals surface area contributed by atoms with E-state index in [9.17, 15) is 0 Å². The summed E-state index contributed by atoms with van der Waals surface area (Å²) in [6.45, 7) is 4.89. The van der Waals surface area contributed by atoms with Gasteiger partial charge in [0.25, 0.3) is 0 Å². The molecule has 0 aromatic carbocycles. The Bertz CT molecular complexity index is 147. The van der Waals surface area contributed by atoms with Crippen LogP contribution < -0.4 is 5.32 Å². The predicted octanol–water partition coefficient (Wildman–Crippen LogP) is 1.96. The minimum absolute atomic E-state index is 0.459. The Kier molecular flexibility index (Phi) is 6.98. The molecule has 0 amide bonds. The zero-order valence-corrected chi connectivity index (χ0v) is 10.1. The van der Waals surface area contributed by atoms with Gasteiger partial charge >= 0.3 is 0 Å². The number of unbranched alkanes of at least 4 members (excludes halogenated alkanes) is 1. The van der Waals surface area contributed by atoms with Crippen LogP contribution in [0.4, 0.5) is 0 Å². The minimum atomic E-state index is 0.459. The van der Waals surface area contributed by atoms with Crippen LogP contribution in [0.5, 0.6) is 0 Å². The lowest BCUT2D eigenvalue weighted by atomic mass is 10.1. The smallest absolute Gasteiger partial charge is 0.0619 e. The number of rotatable bonds is 7. The van der Waals surface area contributed by atoms with Crippen LogP contribution >= 0.6 is 0 Å². The number of ether oxygens (including phenoxy) is 2. The number of hydrogen-bond donors (Lipinski definition) is 1. The molecule has 0 aliphatic carbocycles. The molecule has 1 aliphatic heterocycles. The van der Waals surface area contributed by atoms with Gasteiger partial charge in [0.2, 0.25) is 0 Å². The molecular weight excluding hydrogens is 190 g/mol. The third kappa shape index (κ3) is 6.13.